The summed E-state index contributed by atoms with van der Waals surface area (Å²) in [5.74, 6) is -0.310. The lowest BCUT2D eigenvalue weighted by atomic mass is 10.0. The number of methoxy groups -OCH3 is 1. The highest BCUT2D eigenvalue weighted by Gasteiger charge is 2.10. The first-order valence-electron chi connectivity index (χ1n) is 8.84. The zero-order valence-electron chi connectivity index (χ0n) is 15.9. The van der Waals surface area contributed by atoms with Crippen molar-refractivity contribution in [2.24, 2.45) is 5.10 Å². The molecule has 3 aromatic rings. The molecule has 0 heterocycles. The van der Waals surface area contributed by atoms with E-state index >= 15 is 0 Å². The van der Waals surface area contributed by atoms with Crippen LogP contribution in [0.4, 0.5) is 5.69 Å². The Morgan fingerprint density at radius 2 is 1.80 bits per heavy atom. The van der Waals surface area contributed by atoms with E-state index in [0.717, 1.165) is 16.7 Å². The molecular formula is C22H18ClN3O3S. The van der Waals surface area contributed by atoms with Crippen molar-refractivity contribution in [2.75, 3.05) is 12.4 Å². The Balaban J connectivity index is 1.69. The third kappa shape index (κ3) is 5.34. The van der Waals surface area contributed by atoms with E-state index in [4.69, 9.17) is 33.7 Å². The number of hydrogen-bond donors (Lipinski definition) is 3. The van der Waals surface area contributed by atoms with Gasteiger partial charge in [0, 0.05) is 21.8 Å². The summed E-state index contributed by atoms with van der Waals surface area (Å²) in [5, 5.41) is 17.0. The minimum Gasteiger partial charge on any atom is -0.495 e. The Morgan fingerprint density at radius 3 is 2.43 bits per heavy atom. The second kappa shape index (κ2) is 9.87. The van der Waals surface area contributed by atoms with Crippen molar-refractivity contribution >= 4 is 46.8 Å². The van der Waals surface area contributed by atoms with Crippen molar-refractivity contribution in [3.8, 4) is 16.9 Å². The Kier molecular flexibility index (Phi) is 7.00. The van der Waals surface area contributed by atoms with Gasteiger partial charge in [0.25, 0.3) is 0 Å². The van der Waals surface area contributed by atoms with Crippen molar-refractivity contribution in [2.45, 2.75) is 0 Å². The van der Waals surface area contributed by atoms with Gasteiger partial charge in [-0.15, -0.1) is 0 Å². The first-order valence-corrected chi connectivity index (χ1v) is 9.63. The number of halogens is 1. The number of nitrogens with one attached hydrogen (secondary N) is 2. The van der Waals surface area contributed by atoms with E-state index < -0.39 is 5.97 Å². The summed E-state index contributed by atoms with van der Waals surface area (Å²) in [6.07, 6.45) is 1.61. The number of carboxylic acid groups (broad SMARTS) is 1. The molecule has 0 radical (unpaired) electrons. The van der Waals surface area contributed by atoms with Gasteiger partial charge < -0.3 is 15.2 Å². The zero-order chi connectivity index (χ0) is 21.5. The van der Waals surface area contributed by atoms with Gasteiger partial charge in [-0.3, -0.25) is 5.43 Å². The molecule has 0 saturated carbocycles. The molecule has 0 amide bonds. The molecule has 0 atom stereocenters. The van der Waals surface area contributed by atoms with E-state index in [0.29, 0.717) is 16.5 Å². The third-order valence-electron chi connectivity index (χ3n) is 4.16. The molecule has 8 heteroatoms. The van der Waals surface area contributed by atoms with Crippen LogP contribution in [0.15, 0.2) is 71.8 Å². The number of carbonyl (C=O) groups is 1. The summed E-state index contributed by atoms with van der Waals surface area (Å²) in [7, 11) is 1.60. The number of nitrogens with zero attached hydrogens (tertiary/aromatic N) is 1. The van der Waals surface area contributed by atoms with Crippen LogP contribution in [0.2, 0.25) is 5.02 Å². The van der Waals surface area contributed by atoms with Crippen LogP contribution < -0.4 is 15.5 Å². The van der Waals surface area contributed by atoms with Gasteiger partial charge in [0.2, 0.25) is 0 Å². The average molecular weight is 440 g/mol. The minimum atomic E-state index is -0.985. The molecule has 152 valence electrons. The second-order valence-electron chi connectivity index (χ2n) is 6.14. The fourth-order valence-electron chi connectivity index (χ4n) is 2.76. The SMILES string of the molecule is COc1c(/C=N\NC(=S)Nc2ccc(C(=O)O)cc2)cccc1-c1ccc(Cl)cc1. The van der Waals surface area contributed by atoms with E-state index in [1.807, 2.05) is 42.5 Å². The van der Waals surface area contributed by atoms with Crippen LogP contribution in [-0.2, 0) is 0 Å². The molecule has 0 aliphatic heterocycles. The molecule has 30 heavy (non-hydrogen) atoms. The van der Waals surface area contributed by atoms with Crippen LogP contribution in [0.25, 0.3) is 11.1 Å². The van der Waals surface area contributed by atoms with Crippen molar-refractivity contribution in [3.05, 3.63) is 82.9 Å². The summed E-state index contributed by atoms with van der Waals surface area (Å²) < 4.78 is 5.60. The molecule has 6 nitrogen and oxygen atoms in total. The van der Waals surface area contributed by atoms with Crippen LogP contribution in [0.3, 0.4) is 0 Å². The van der Waals surface area contributed by atoms with Crippen LogP contribution in [0, 0.1) is 0 Å². The van der Waals surface area contributed by atoms with Gasteiger partial charge in [0.1, 0.15) is 5.75 Å². The molecule has 3 aromatic carbocycles. The molecule has 0 saturated heterocycles. The number of thiocarbonyl (C=S) groups is 1. The molecule has 0 unspecified atom stereocenters. The van der Waals surface area contributed by atoms with Gasteiger partial charge in [-0.05, 0) is 60.2 Å². The Morgan fingerprint density at radius 1 is 1.10 bits per heavy atom. The second-order valence-corrected chi connectivity index (χ2v) is 6.99. The number of para-hydroxylation sites is 1. The fourth-order valence-corrected chi connectivity index (χ4v) is 3.05. The molecule has 0 bridgehead atoms. The zero-order valence-corrected chi connectivity index (χ0v) is 17.5. The number of rotatable bonds is 6. The maximum absolute atomic E-state index is 10.9. The molecular weight excluding hydrogens is 422 g/mol. The van der Waals surface area contributed by atoms with Crippen LogP contribution in [-0.4, -0.2) is 29.5 Å². The highest BCUT2D eigenvalue weighted by atomic mass is 35.5. The average Bonchev–Trinajstić information content (AvgIpc) is 2.74. The van der Waals surface area contributed by atoms with E-state index in [9.17, 15) is 4.79 Å². The summed E-state index contributed by atoms with van der Waals surface area (Å²) in [4.78, 5) is 10.9. The molecule has 0 fully saturated rings. The van der Waals surface area contributed by atoms with Crippen molar-refractivity contribution in [1.82, 2.24) is 5.43 Å². The van der Waals surface area contributed by atoms with Gasteiger partial charge >= 0.3 is 5.97 Å². The summed E-state index contributed by atoms with van der Waals surface area (Å²) in [6, 6.07) is 19.5. The third-order valence-corrected chi connectivity index (χ3v) is 4.61. The largest absolute Gasteiger partial charge is 0.495 e. The Hall–Kier alpha value is -3.42. The highest BCUT2D eigenvalue weighted by Crippen LogP contribution is 2.32. The topological polar surface area (TPSA) is 83.0 Å². The number of aromatic carboxylic acids is 1. The summed E-state index contributed by atoms with van der Waals surface area (Å²) in [6.45, 7) is 0. The molecule has 0 aliphatic rings. The van der Waals surface area contributed by atoms with Crippen molar-refractivity contribution in [3.63, 3.8) is 0 Å². The van der Waals surface area contributed by atoms with Gasteiger partial charge in [-0.2, -0.15) is 5.10 Å². The van der Waals surface area contributed by atoms with Gasteiger partial charge in [0.05, 0.1) is 18.9 Å². The van der Waals surface area contributed by atoms with Gasteiger partial charge in [0.15, 0.2) is 5.11 Å². The van der Waals surface area contributed by atoms with E-state index in [1.165, 1.54) is 12.1 Å². The molecule has 0 aromatic heterocycles. The van der Waals surface area contributed by atoms with Crippen LogP contribution in [0.5, 0.6) is 5.75 Å². The highest BCUT2D eigenvalue weighted by molar-refractivity contribution is 7.80. The number of ether oxygens (including phenoxy) is 1. The number of hydrazone groups is 1. The van der Waals surface area contributed by atoms with Gasteiger partial charge in [-0.1, -0.05) is 35.9 Å². The predicted molar refractivity (Wildman–Crippen MR) is 124 cm³/mol. The summed E-state index contributed by atoms with van der Waals surface area (Å²) >= 11 is 11.2. The van der Waals surface area contributed by atoms with Crippen LogP contribution in [0.1, 0.15) is 15.9 Å². The Labute approximate surface area is 184 Å². The predicted octanol–water partition coefficient (Wildman–Crippen LogP) is 5.03. The maximum atomic E-state index is 10.9. The Bertz CT molecular complexity index is 1080. The minimum absolute atomic E-state index is 0.199. The van der Waals surface area contributed by atoms with E-state index in [-0.39, 0.29) is 10.7 Å². The summed E-state index contributed by atoms with van der Waals surface area (Å²) in [5.41, 5.74) is 6.24. The van der Waals surface area contributed by atoms with Crippen LogP contribution >= 0.6 is 23.8 Å². The first-order chi connectivity index (χ1) is 14.5. The molecule has 3 N–H and O–H groups in total. The monoisotopic (exact) mass is 439 g/mol. The van der Waals surface area contributed by atoms with E-state index in [2.05, 4.69) is 15.8 Å². The fraction of sp³-hybridized carbons (Fsp3) is 0.0455. The van der Waals surface area contributed by atoms with E-state index in [1.54, 1.807) is 25.5 Å². The quantitative estimate of drug-likeness (QED) is 0.284. The first kappa shape index (κ1) is 21.3. The maximum Gasteiger partial charge on any atom is 0.335 e. The number of hydrogen-bond acceptors (Lipinski definition) is 4. The van der Waals surface area contributed by atoms with Crippen molar-refractivity contribution < 1.29 is 14.6 Å². The number of anilines is 1. The number of benzene rings is 3. The standard InChI is InChI=1S/C22H18ClN3O3S/c1-29-20-16(3-2-4-19(20)14-5-9-17(23)10-6-14)13-24-26-22(30)25-18-11-7-15(8-12-18)21(27)28/h2-13H,1H3,(H,27,28)(H2,25,26,30)/b24-13-. The van der Waals surface area contributed by atoms with Gasteiger partial charge in [-0.25, -0.2) is 4.79 Å². The lowest BCUT2D eigenvalue weighted by Gasteiger charge is -2.12. The molecule has 0 aliphatic carbocycles. The lowest BCUT2D eigenvalue weighted by Crippen LogP contribution is -2.23. The van der Waals surface area contributed by atoms with Crippen molar-refractivity contribution in [1.29, 1.82) is 0 Å². The molecule has 3 rings (SSSR count). The molecule has 0 spiro atoms. The normalized spacial score (nSPS) is 10.6. The smallest absolute Gasteiger partial charge is 0.335 e. The number of carboxylic acids is 1. The lowest BCUT2D eigenvalue weighted by molar-refractivity contribution is 0.0697.